The van der Waals surface area contributed by atoms with Crippen LogP contribution >= 0.6 is 0 Å². The minimum Gasteiger partial charge on any atom is -0.366 e. The summed E-state index contributed by atoms with van der Waals surface area (Å²) in [4.78, 5) is 4.50. The zero-order valence-corrected chi connectivity index (χ0v) is 12.9. The standard InChI is InChI=1S/C16H26FN3/c1-11(18)7-14-5-6-16(15(17)8-14)20-9-12(2)19(4)13(3)10-20/h5-6,8,11-13H,7,9-10,18H2,1-4H3. The summed E-state index contributed by atoms with van der Waals surface area (Å²) in [6.45, 7) is 8.04. The van der Waals surface area contributed by atoms with Crippen molar-refractivity contribution in [3.05, 3.63) is 29.6 Å². The van der Waals surface area contributed by atoms with Crippen LogP contribution in [-0.4, -0.2) is 43.2 Å². The normalized spacial score (nSPS) is 25.8. The van der Waals surface area contributed by atoms with Gasteiger partial charge in [0, 0.05) is 31.2 Å². The minimum absolute atomic E-state index is 0.0592. The van der Waals surface area contributed by atoms with Crippen LogP contribution in [0.4, 0.5) is 10.1 Å². The molecule has 0 aliphatic carbocycles. The molecule has 1 saturated heterocycles. The lowest BCUT2D eigenvalue weighted by molar-refractivity contribution is 0.169. The Kier molecular flexibility index (Phi) is 4.66. The lowest BCUT2D eigenvalue weighted by Crippen LogP contribution is -2.55. The molecule has 3 atom stereocenters. The summed E-state index contributed by atoms with van der Waals surface area (Å²) in [6.07, 6.45) is 0.715. The maximum Gasteiger partial charge on any atom is 0.146 e. The second-order valence-electron chi connectivity index (χ2n) is 6.24. The van der Waals surface area contributed by atoms with Gasteiger partial charge in [-0.2, -0.15) is 0 Å². The molecular formula is C16H26FN3. The van der Waals surface area contributed by atoms with Gasteiger partial charge in [-0.25, -0.2) is 4.39 Å². The fraction of sp³-hybridized carbons (Fsp3) is 0.625. The molecule has 1 aliphatic heterocycles. The molecule has 1 fully saturated rings. The van der Waals surface area contributed by atoms with Crippen LogP contribution in [0.2, 0.25) is 0 Å². The number of benzene rings is 1. The van der Waals surface area contributed by atoms with Crippen molar-refractivity contribution in [2.45, 2.75) is 45.3 Å². The topological polar surface area (TPSA) is 32.5 Å². The van der Waals surface area contributed by atoms with E-state index in [9.17, 15) is 4.39 Å². The zero-order chi connectivity index (χ0) is 14.9. The predicted octanol–water partition coefficient (Wildman–Crippen LogP) is 2.24. The molecule has 3 nitrogen and oxygen atoms in total. The third kappa shape index (κ3) is 3.30. The highest BCUT2D eigenvalue weighted by molar-refractivity contribution is 5.50. The maximum absolute atomic E-state index is 14.3. The van der Waals surface area contributed by atoms with Crippen molar-refractivity contribution < 1.29 is 4.39 Å². The Bertz CT molecular complexity index is 449. The van der Waals surface area contributed by atoms with E-state index in [1.54, 1.807) is 6.07 Å². The molecule has 1 heterocycles. The van der Waals surface area contributed by atoms with E-state index >= 15 is 0 Å². The van der Waals surface area contributed by atoms with Gasteiger partial charge in [0.15, 0.2) is 0 Å². The van der Waals surface area contributed by atoms with Crippen LogP contribution in [-0.2, 0) is 6.42 Å². The number of nitrogens with two attached hydrogens (primary N) is 1. The lowest BCUT2D eigenvalue weighted by atomic mass is 10.0. The van der Waals surface area contributed by atoms with Crippen molar-refractivity contribution in [2.24, 2.45) is 5.73 Å². The van der Waals surface area contributed by atoms with E-state index < -0.39 is 0 Å². The molecule has 1 aromatic carbocycles. The number of hydrogen-bond acceptors (Lipinski definition) is 3. The largest absolute Gasteiger partial charge is 0.366 e. The second kappa shape index (κ2) is 6.10. The molecule has 4 heteroatoms. The molecule has 1 aromatic rings. The Balaban J connectivity index is 2.17. The number of anilines is 1. The first-order valence-electron chi connectivity index (χ1n) is 7.39. The highest BCUT2D eigenvalue weighted by Crippen LogP contribution is 2.25. The van der Waals surface area contributed by atoms with Crippen LogP contribution in [0.3, 0.4) is 0 Å². The summed E-state index contributed by atoms with van der Waals surface area (Å²) in [5.41, 5.74) is 7.45. The van der Waals surface area contributed by atoms with E-state index in [4.69, 9.17) is 5.73 Å². The molecule has 0 spiro atoms. The van der Waals surface area contributed by atoms with Crippen LogP contribution in [0.5, 0.6) is 0 Å². The van der Waals surface area contributed by atoms with Gasteiger partial charge in [0.05, 0.1) is 5.69 Å². The Morgan fingerprint density at radius 1 is 1.30 bits per heavy atom. The highest BCUT2D eigenvalue weighted by atomic mass is 19.1. The van der Waals surface area contributed by atoms with Gasteiger partial charge >= 0.3 is 0 Å². The molecule has 0 bridgehead atoms. The van der Waals surface area contributed by atoms with Gasteiger partial charge < -0.3 is 10.6 Å². The SMILES string of the molecule is CC(N)Cc1ccc(N2CC(C)N(C)C(C)C2)c(F)c1. The van der Waals surface area contributed by atoms with Gasteiger partial charge in [0.1, 0.15) is 5.82 Å². The van der Waals surface area contributed by atoms with E-state index in [-0.39, 0.29) is 11.9 Å². The van der Waals surface area contributed by atoms with E-state index in [0.29, 0.717) is 24.2 Å². The molecular weight excluding hydrogens is 253 g/mol. The summed E-state index contributed by atoms with van der Waals surface area (Å²) < 4.78 is 14.3. The zero-order valence-electron chi connectivity index (χ0n) is 12.9. The first kappa shape index (κ1) is 15.3. The monoisotopic (exact) mass is 279 g/mol. The molecule has 2 rings (SSSR count). The van der Waals surface area contributed by atoms with Gasteiger partial charge in [0.25, 0.3) is 0 Å². The first-order chi connectivity index (χ1) is 9.38. The van der Waals surface area contributed by atoms with E-state index in [1.165, 1.54) is 0 Å². The average molecular weight is 279 g/mol. The lowest BCUT2D eigenvalue weighted by Gasteiger charge is -2.43. The van der Waals surface area contributed by atoms with Crippen LogP contribution in [0.15, 0.2) is 18.2 Å². The maximum atomic E-state index is 14.3. The Morgan fingerprint density at radius 2 is 1.90 bits per heavy atom. The van der Waals surface area contributed by atoms with Crippen LogP contribution in [0.25, 0.3) is 0 Å². The van der Waals surface area contributed by atoms with Crippen molar-refractivity contribution in [3.63, 3.8) is 0 Å². The van der Waals surface area contributed by atoms with E-state index in [0.717, 1.165) is 18.7 Å². The van der Waals surface area contributed by atoms with Crippen molar-refractivity contribution in [1.82, 2.24) is 4.90 Å². The first-order valence-corrected chi connectivity index (χ1v) is 7.39. The number of piperazine rings is 1. The van der Waals surface area contributed by atoms with Gasteiger partial charge in [0.2, 0.25) is 0 Å². The second-order valence-corrected chi connectivity index (χ2v) is 6.24. The third-order valence-electron chi connectivity index (χ3n) is 4.27. The molecule has 3 unspecified atom stereocenters. The fourth-order valence-corrected chi connectivity index (χ4v) is 2.91. The fourth-order valence-electron chi connectivity index (χ4n) is 2.91. The Labute approximate surface area is 121 Å². The minimum atomic E-state index is -0.132. The number of halogens is 1. The molecule has 1 aliphatic rings. The molecule has 0 amide bonds. The van der Waals surface area contributed by atoms with Crippen LogP contribution in [0, 0.1) is 5.82 Å². The van der Waals surface area contributed by atoms with Gasteiger partial charge in [-0.3, -0.25) is 4.90 Å². The molecule has 0 aromatic heterocycles. The summed E-state index contributed by atoms with van der Waals surface area (Å²) in [5, 5.41) is 0. The third-order valence-corrected chi connectivity index (χ3v) is 4.27. The van der Waals surface area contributed by atoms with Gasteiger partial charge in [-0.05, 0) is 51.9 Å². The molecule has 0 saturated carbocycles. The van der Waals surface area contributed by atoms with Crippen molar-refractivity contribution in [1.29, 1.82) is 0 Å². The quantitative estimate of drug-likeness (QED) is 0.921. The summed E-state index contributed by atoms with van der Waals surface area (Å²) in [7, 11) is 2.13. The number of likely N-dealkylation sites (N-methyl/N-ethyl adjacent to an activating group) is 1. The van der Waals surface area contributed by atoms with Crippen molar-refractivity contribution in [3.8, 4) is 0 Å². The van der Waals surface area contributed by atoms with Gasteiger partial charge in [-0.15, -0.1) is 0 Å². The highest BCUT2D eigenvalue weighted by Gasteiger charge is 2.27. The smallest absolute Gasteiger partial charge is 0.146 e. The number of rotatable bonds is 3. The Morgan fingerprint density at radius 3 is 2.40 bits per heavy atom. The van der Waals surface area contributed by atoms with Crippen molar-refractivity contribution in [2.75, 3.05) is 25.0 Å². The average Bonchev–Trinajstić information content (AvgIpc) is 2.34. The molecule has 20 heavy (non-hydrogen) atoms. The summed E-state index contributed by atoms with van der Waals surface area (Å²) >= 11 is 0. The molecule has 2 N–H and O–H groups in total. The summed E-state index contributed by atoms with van der Waals surface area (Å²) in [6, 6.07) is 6.45. The predicted molar refractivity (Wildman–Crippen MR) is 82.7 cm³/mol. The van der Waals surface area contributed by atoms with E-state index in [1.807, 2.05) is 19.1 Å². The van der Waals surface area contributed by atoms with Gasteiger partial charge in [-0.1, -0.05) is 6.07 Å². The molecule has 112 valence electrons. The molecule has 0 radical (unpaired) electrons. The number of nitrogens with zero attached hydrogens (tertiary/aromatic N) is 2. The van der Waals surface area contributed by atoms with Crippen LogP contribution < -0.4 is 10.6 Å². The number of hydrogen-bond donors (Lipinski definition) is 1. The van der Waals surface area contributed by atoms with Crippen molar-refractivity contribution >= 4 is 5.69 Å². The summed E-state index contributed by atoms with van der Waals surface area (Å²) in [5.74, 6) is -0.132. The van der Waals surface area contributed by atoms with E-state index in [2.05, 4.69) is 30.7 Å². The van der Waals surface area contributed by atoms with Crippen LogP contribution in [0.1, 0.15) is 26.3 Å². The Hall–Kier alpha value is -1.13.